The Hall–Kier alpha value is -2.68. The van der Waals surface area contributed by atoms with Crippen LogP contribution in [0.5, 0.6) is 0 Å². The van der Waals surface area contributed by atoms with Crippen molar-refractivity contribution in [2.45, 2.75) is 43.7 Å². The lowest BCUT2D eigenvalue weighted by Gasteiger charge is -2.19. The zero-order chi connectivity index (χ0) is 22.0. The number of anilines is 1. The van der Waals surface area contributed by atoms with Crippen molar-refractivity contribution >= 4 is 32.6 Å². The molecule has 2 heterocycles. The Morgan fingerprint density at radius 3 is 2.39 bits per heavy atom. The van der Waals surface area contributed by atoms with Gasteiger partial charge >= 0.3 is 0 Å². The average molecular weight is 442 g/mol. The van der Waals surface area contributed by atoms with Crippen molar-refractivity contribution in [2.75, 3.05) is 18.4 Å². The van der Waals surface area contributed by atoms with Crippen LogP contribution in [0, 0.1) is 0 Å². The van der Waals surface area contributed by atoms with Gasteiger partial charge in [-0.15, -0.1) is 0 Å². The molecule has 0 radical (unpaired) electrons. The van der Waals surface area contributed by atoms with Crippen LogP contribution in [-0.4, -0.2) is 37.8 Å². The summed E-state index contributed by atoms with van der Waals surface area (Å²) >= 11 is 0. The number of rotatable bonds is 7. The summed E-state index contributed by atoms with van der Waals surface area (Å²) in [5.41, 5.74) is 1.36. The number of benzene rings is 2. The summed E-state index contributed by atoms with van der Waals surface area (Å²) in [6.07, 6.45) is 1.79. The third kappa shape index (κ3) is 4.66. The van der Waals surface area contributed by atoms with Crippen molar-refractivity contribution < 1.29 is 17.6 Å². The third-order valence-electron chi connectivity index (χ3n) is 5.59. The van der Waals surface area contributed by atoms with Crippen LogP contribution in [0.25, 0.3) is 11.0 Å². The highest BCUT2D eigenvalue weighted by Gasteiger charge is 2.27. The molecular formula is C23H27N3O4S. The fourth-order valence-corrected chi connectivity index (χ4v) is 5.30. The first kappa shape index (κ1) is 21.5. The van der Waals surface area contributed by atoms with Gasteiger partial charge in [0.15, 0.2) is 0 Å². The van der Waals surface area contributed by atoms with Crippen LogP contribution in [0.2, 0.25) is 0 Å². The Morgan fingerprint density at radius 1 is 1.03 bits per heavy atom. The summed E-state index contributed by atoms with van der Waals surface area (Å²) < 4.78 is 32.6. The van der Waals surface area contributed by atoms with Crippen LogP contribution in [0.3, 0.4) is 0 Å². The summed E-state index contributed by atoms with van der Waals surface area (Å²) in [5.74, 6) is 0.551. The van der Waals surface area contributed by atoms with E-state index in [0.29, 0.717) is 18.8 Å². The van der Waals surface area contributed by atoms with E-state index in [1.807, 2.05) is 37.3 Å². The summed E-state index contributed by atoms with van der Waals surface area (Å²) in [6.45, 7) is 4.85. The lowest BCUT2D eigenvalue weighted by atomic mass is 10.2. The Labute approximate surface area is 182 Å². The number of carbonyl (C=O) groups is 1. The molecule has 8 heteroatoms. The van der Waals surface area contributed by atoms with Gasteiger partial charge in [-0.1, -0.05) is 18.2 Å². The second kappa shape index (κ2) is 8.82. The van der Waals surface area contributed by atoms with Crippen LogP contribution in [-0.2, 0) is 14.8 Å². The zero-order valence-corrected chi connectivity index (χ0v) is 18.5. The quantitative estimate of drug-likeness (QED) is 0.580. The summed E-state index contributed by atoms with van der Waals surface area (Å²) in [4.78, 5) is 12.9. The topological polar surface area (TPSA) is 91.6 Å². The van der Waals surface area contributed by atoms with Gasteiger partial charge in [-0.05, 0) is 63.1 Å². The van der Waals surface area contributed by atoms with E-state index < -0.39 is 16.1 Å². The van der Waals surface area contributed by atoms with E-state index in [2.05, 4.69) is 10.6 Å². The molecule has 164 valence electrons. The largest absolute Gasteiger partial charge is 0.459 e. The number of amides is 1. The van der Waals surface area contributed by atoms with Gasteiger partial charge in [0.1, 0.15) is 11.3 Å². The minimum absolute atomic E-state index is 0.152. The molecule has 1 fully saturated rings. The lowest BCUT2D eigenvalue weighted by molar-refractivity contribution is -0.118. The van der Waals surface area contributed by atoms with E-state index in [9.17, 15) is 13.2 Å². The van der Waals surface area contributed by atoms with Gasteiger partial charge in [0, 0.05) is 24.2 Å². The Balaban J connectivity index is 1.37. The van der Waals surface area contributed by atoms with E-state index in [1.54, 1.807) is 31.2 Å². The minimum Gasteiger partial charge on any atom is -0.459 e. The highest BCUT2D eigenvalue weighted by molar-refractivity contribution is 7.89. The van der Waals surface area contributed by atoms with Crippen LogP contribution in [0.15, 0.2) is 63.9 Å². The molecule has 0 spiro atoms. The van der Waals surface area contributed by atoms with E-state index in [1.165, 1.54) is 4.31 Å². The molecule has 2 N–H and O–H groups in total. The van der Waals surface area contributed by atoms with E-state index in [0.717, 1.165) is 29.6 Å². The summed E-state index contributed by atoms with van der Waals surface area (Å²) in [6, 6.07) is 15.4. The lowest BCUT2D eigenvalue weighted by Crippen LogP contribution is -2.39. The maximum Gasteiger partial charge on any atom is 0.243 e. The second-order valence-corrected chi connectivity index (χ2v) is 9.86. The molecule has 3 aromatic rings. The number of sulfonamides is 1. The molecule has 2 atom stereocenters. The molecule has 0 saturated carbocycles. The summed E-state index contributed by atoms with van der Waals surface area (Å²) in [5, 5.41) is 7.09. The summed E-state index contributed by atoms with van der Waals surface area (Å²) in [7, 11) is -3.46. The number of hydrogen-bond donors (Lipinski definition) is 2. The molecule has 1 amide bonds. The number of hydrogen-bond acceptors (Lipinski definition) is 5. The molecule has 0 aliphatic carbocycles. The van der Waals surface area contributed by atoms with Crippen molar-refractivity contribution in [2.24, 2.45) is 0 Å². The first-order valence-electron chi connectivity index (χ1n) is 10.5. The van der Waals surface area contributed by atoms with Gasteiger partial charge < -0.3 is 9.73 Å². The molecule has 7 nitrogen and oxygen atoms in total. The second-order valence-electron chi connectivity index (χ2n) is 7.92. The van der Waals surface area contributed by atoms with Crippen LogP contribution < -0.4 is 10.6 Å². The molecule has 2 unspecified atom stereocenters. The highest BCUT2D eigenvalue weighted by Crippen LogP contribution is 2.24. The van der Waals surface area contributed by atoms with E-state index >= 15 is 0 Å². The van der Waals surface area contributed by atoms with Crippen molar-refractivity contribution in [1.29, 1.82) is 0 Å². The number of furan rings is 1. The maximum atomic E-state index is 12.6. The Bertz CT molecular complexity index is 1130. The maximum absolute atomic E-state index is 12.6. The third-order valence-corrected chi connectivity index (χ3v) is 7.50. The molecule has 0 bridgehead atoms. The fourth-order valence-electron chi connectivity index (χ4n) is 3.79. The van der Waals surface area contributed by atoms with Gasteiger partial charge in [0.2, 0.25) is 15.9 Å². The molecular weight excluding hydrogens is 414 g/mol. The van der Waals surface area contributed by atoms with Crippen LogP contribution in [0.4, 0.5) is 5.69 Å². The number of fused-ring (bicyclic) bond motifs is 1. The zero-order valence-electron chi connectivity index (χ0n) is 17.7. The van der Waals surface area contributed by atoms with E-state index in [-0.39, 0.29) is 16.8 Å². The van der Waals surface area contributed by atoms with Crippen molar-refractivity contribution in [3.05, 3.63) is 60.4 Å². The normalized spacial score (nSPS) is 17.0. The SMILES string of the molecule is CC(NC(C)c1cc2ccccc2o1)C(=O)Nc1ccc(S(=O)(=O)N2CCCC2)cc1. The number of nitrogens with zero attached hydrogens (tertiary/aromatic N) is 1. The van der Waals surface area contributed by atoms with Gasteiger partial charge in [-0.3, -0.25) is 10.1 Å². The molecule has 1 aliphatic rings. The van der Waals surface area contributed by atoms with Crippen LogP contribution in [0.1, 0.15) is 38.5 Å². The minimum atomic E-state index is -3.46. The van der Waals surface area contributed by atoms with E-state index in [4.69, 9.17) is 4.42 Å². The number of nitrogens with one attached hydrogen (secondary N) is 2. The monoisotopic (exact) mass is 441 g/mol. The first-order valence-corrected chi connectivity index (χ1v) is 11.9. The molecule has 2 aromatic carbocycles. The molecule has 1 aliphatic heterocycles. The predicted octanol–water partition coefficient (Wildman–Crippen LogP) is 3.90. The van der Waals surface area contributed by atoms with Gasteiger partial charge in [-0.25, -0.2) is 8.42 Å². The molecule has 1 saturated heterocycles. The molecule has 31 heavy (non-hydrogen) atoms. The molecule has 1 aromatic heterocycles. The van der Waals surface area contributed by atoms with Crippen molar-refractivity contribution in [3.63, 3.8) is 0 Å². The smallest absolute Gasteiger partial charge is 0.243 e. The highest BCUT2D eigenvalue weighted by atomic mass is 32.2. The Morgan fingerprint density at radius 2 is 1.71 bits per heavy atom. The Kier molecular flexibility index (Phi) is 6.13. The van der Waals surface area contributed by atoms with Crippen LogP contribution >= 0.6 is 0 Å². The molecule has 4 rings (SSSR count). The predicted molar refractivity (Wildman–Crippen MR) is 120 cm³/mol. The number of carbonyl (C=O) groups excluding carboxylic acids is 1. The standard InChI is InChI=1S/C23H27N3O4S/c1-16(22-15-18-7-3-4-8-21(18)30-22)24-17(2)23(27)25-19-9-11-20(12-10-19)31(28,29)26-13-5-6-14-26/h3-4,7-12,15-17,24H,5-6,13-14H2,1-2H3,(H,25,27). The number of para-hydroxylation sites is 1. The van der Waals surface area contributed by atoms with Crippen molar-refractivity contribution in [3.8, 4) is 0 Å². The van der Waals surface area contributed by atoms with Crippen molar-refractivity contribution in [1.82, 2.24) is 9.62 Å². The first-order chi connectivity index (χ1) is 14.8. The average Bonchev–Trinajstić information content (AvgIpc) is 3.44. The van der Waals surface area contributed by atoms with Gasteiger partial charge in [0.05, 0.1) is 17.0 Å². The van der Waals surface area contributed by atoms with Gasteiger partial charge in [0.25, 0.3) is 0 Å². The fraction of sp³-hybridized carbons (Fsp3) is 0.348. The van der Waals surface area contributed by atoms with Gasteiger partial charge in [-0.2, -0.15) is 4.31 Å².